The van der Waals surface area contributed by atoms with Crippen LogP contribution in [0.25, 0.3) is 11.3 Å². The van der Waals surface area contributed by atoms with Crippen LogP contribution in [0.3, 0.4) is 0 Å². The van der Waals surface area contributed by atoms with E-state index in [2.05, 4.69) is 10.1 Å². The summed E-state index contributed by atoms with van der Waals surface area (Å²) >= 11 is 7.59. The zero-order chi connectivity index (χ0) is 18.4. The number of aromatic nitrogens is 1. The fraction of sp³-hybridized carbons (Fsp3) is 0.158. The number of thiazole rings is 1. The van der Waals surface area contributed by atoms with Crippen molar-refractivity contribution in [1.29, 1.82) is 0 Å². The van der Waals surface area contributed by atoms with Crippen LogP contribution in [0.1, 0.15) is 5.56 Å². The Morgan fingerprint density at radius 1 is 1.19 bits per heavy atom. The molecule has 2 aromatic carbocycles. The molecule has 0 radical (unpaired) electrons. The van der Waals surface area contributed by atoms with Gasteiger partial charge in [0.05, 0.1) is 25.1 Å². The molecule has 0 aliphatic rings. The molecule has 0 spiro atoms. The fourth-order valence-corrected chi connectivity index (χ4v) is 3.35. The third-order valence-electron chi connectivity index (χ3n) is 3.60. The molecule has 1 aromatic heterocycles. The fourth-order valence-electron chi connectivity index (χ4n) is 2.31. The average molecular weight is 390 g/mol. The van der Waals surface area contributed by atoms with Crippen LogP contribution in [0.2, 0.25) is 5.02 Å². The number of methoxy groups -OCH3 is 1. The second-order valence-corrected chi connectivity index (χ2v) is 6.58. The molecule has 3 aromatic rings. The highest BCUT2D eigenvalue weighted by atomic mass is 35.5. The molecule has 0 aliphatic heterocycles. The number of halogens is 2. The Balaban J connectivity index is 2.08. The van der Waals surface area contributed by atoms with Gasteiger partial charge < -0.3 is 4.74 Å². The van der Waals surface area contributed by atoms with E-state index < -0.39 is 0 Å². The third-order valence-corrected chi connectivity index (χ3v) is 4.79. The van der Waals surface area contributed by atoms with E-state index in [0.717, 1.165) is 5.56 Å². The summed E-state index contributed by atoms with van der Waals surface area (Å²) in [7, 11) is 1.62. The second kappa shape index (κ2) is 8.89. The van der Waals surface area contributed by atoms with E-state index in [-0.39, 0.29) is 5.82 Å². The monoisotopic (exact) mass is 389 g/mol. The van der Waals surface area contributed by atoms with Crippen molar-refractivity contribution in [3.63, 3.8) is 0 Å². The van der Waals surface area contributed by atoms with Crippen LogP contribution in [0.15, 0.2) is 64.0 Å². The predicted octanol–water partition coefficient (Wildman–Crippen LogP) is 4.44. The number of hydrogen-bond donors (Lipinski definition) is 0. The smallest absolute Gasteiger partial charge is 0.206 e. The van der Waals surface area contributed by atoms with E-state index in [0.29, 0.717) is 34.2 Å². The summed E-state index contributed by atoms with van der Waals surface area (Å²) in [5.74, 6) is -0.310. The summed E-state index contributed by atoms with van der Waals surface area (Å²) < 4.78 is 20.9. The lowest BCUT2D eigenvalue weighted by molar-refractivity contribution is 0.207. The molecule has 0 saturated heterocycles. The van der Waals surface area contributed by atoms with E-state index in [1.807, 2.05) is 23.6 Å². The van der Waals surface area contributed by atoms with E-state index in [9.17, 15) is 4.39 Å². The molecule has 26 heavy (non-hydrogen) atoms. The Morgan fingerprint density at radius 2 is 1.96 bits per heavy atom. The minimum atomic E-state index is -0.310. The second-order valence-electron chi connectivity index (χ2n) is 5.34. The van der Waals surface area contributed by atoms with Gasteiger partial charge in [-0.3, -0.25) is 4.99 Å². The first-order valence-corrected chi connectivity index (χ1v) is 9.20. The molecule has 0 aliphatic carbocycles. The summed E-state index contributed by atoms with van der Waals surface area (Å²) in [5, 5.41) is 6.95. The standard InChI is InChI=1S/C19H17ClFN3OS/c1-25-11-10-22-19-24(23-12-14-6-2-4-8-16(14)20)18(13-26-19)15-7-3-5-9-17(15)21/h2-9,12-13H,10-11H2,1H3/b22-19?,23-12-. The lowest BCUT2D eigenvalue weighted by Crippen LogP contribution is -2.14. The summed E-state index contributed by atoms with van der Waals surface area (Å²) in [5.41, 5.74) is 1.87. The van der Waals surface area contributed by atoms with E-state index in [4.69, 9.17) is 16.3 Å². The van der Waals surface area contributed by atoms with Gasteiger partial charge in [-0.15, -0.1) is 11.3 Å². The van der Waals surface area contributed by atoms with Gasteiger partial charge in [-0.05, 0) is 18.2 Å². The Morgan fingerprint density at radius 3 is 2.73 bits per heavy atom. The molecule has 134 valence electrons. The molecule has 1 heterocycles. The molecule has 0 unspecified atom stereocenters. The van der Waals surface area contributed by atoms with Crippen molar-refractivity contribution in [2.45, 2.75) is 0 Å². The molecule has 0 N–H and O–H groups in total. The molecule has 7 heteroatoms. The number of ether oxygens (including phenoxy) is 1. The SMILES string of the molecule is COCCN=c1scc(-c2ccccc2F)n1/N=C\c1ccccc1Cl. The molecule has 0 saturated carbocycles. The molecule has 0 fully saturated rings. The summed E-state index contributed by atoms with van der Waals surface area (Å²) in [6, 6.07) is 14.0. The van der Waals surface area contributed by atoms with Crippen molar-refractivity contribution in [3.05, 3.63) is 75.1 Å². The summed E-state index contributed by atoms with van der Waals surface area (Å²) in [6.45, 7) is 0.997. The van der Waals surface area contributed by atoms with Gasteiger partial charge in [0.1, 0.15) is 5.82 Å². The first-order valence-electron chi connectivity index (χ1n) is 7.94. The van der Waals surface area contributed by atoms with Crippen LogP contribution < -0.4 is 4.80 Å². The quantitative estimate of drug-likeness (QED) is 0.453. The summed E-state index contributed by atoms with van der Waals surface area (Å²) in [6.07, 6.45) is 1.65. The van der Waals surface area contributed by atoms with E-state index >= 15 is 0 Å². The lowest BCUT2D eigenvalue weighted by atomic mass is 10.1. The molecule has 0 amide bonds. The van der Waals surface area contributed by atoms with Crippen molar-refractivity contribution < 1.29 is 9.13 Å². The highest BCUT2D eigenvalue weighted by Crippen LogP contribution is 2.23. The molecule has 0 atom stereocenters. The Bertz CT molecular complexity index is 981. The Hall–Kier alpha value is -2.28. The topological polar surface area (TPSA) is 38.9 Å². The molecular weight excluding hydrogens is 373 g/mol. The Labute approximate surface area is 159 Å². The van der Waals surface area contributed by atoms with Crippen molar-refractivity contribution in [2.24, 2.45) is 10.1 Å². The first-order chi connectivity index (χ1) is 12.7. The maximum atomic E-state index is 14.3. The maximum absolute atomic E-state index is 14.3. The minimum Gasteiger partial charge on any atom is -0.383 e. The van der Waals surface area contributed by atoms with Crippen molar-refractivity contribution >= 4 is 29.2 Å². The highest BCUT2D eigenvalue weighted by molar-refractivity contribution is 7.07. The number of rotatable bonds is 6. The van der Waals surface area contributed by atoms with Gasteiger partial charge in [0.25, 0.3) is 0 Å². The van der Waals surface area contributed by atoms with Gasteiger partial charge in [0.2, 0.25) is 4.80 Å². The third kappa shape index (κ3) is 4.27. The van der Waals surface area contributed by atoms with Gasteiger partial charge in [0.15, 0.2) is 0 Å². The van der Waals surface area contributed by atoms with E-state index in [1.165, 1.54) is 17.4 Å². The number of hydrogen-bond acceptors (Lipinski definition) is 4. The van der Waals surface area contributed by atoms with Gasteiger partial charge in [0, 0.05) is 28.6 Å². The minimum absolute atomic E-state index is 0.310. The van der Waals surface area contributed by atoms with Crippen molar-refractivity contribution in [2.75, 3.05) is 20.3 Å². The van der Waals surface area contributed by atoms with E-state index in [1.54, 1.807) is 42.3 Å². The van der Waals surface area contributed by atoms with Gasteiger partial charge >= 0.3 is 0 Å². The normalized spacial score (nSPS) is 12.2. The molecule has 0 bridgehead atoms. The largest absolute Gasteiger partial charge is 0.383 e. The van der Waals surface area contributed by atoms with Crippen LogP contribution in [-0.4, -0.2) is 31.2 Å². The number of benzene rings is 2. The van der Waals surface area contributed by atoms with Crippen molar-refractivity contribution in [1.82, 2.24) is 4.68 Å². The van der Waals surface area contributed by atoms with Gasteiger partial charge in [-0.2, -0.15) is 5.10 Å². The van der Waals surface area contributed by atoms with Crippen LogP contribution in [0.4, 0.5) is 4.39 Å². The first kappa shape index (κ1) is 18.5. The predicted molar refractivity (Wildman–Crippen MR) is 104 cm³/mol. The van der Waals surface area contributed by atoms with Gasteiger partial charge in [-0.25, -0.2) is 9.07 Å². The maximum Gasteiger partial charge on any atom is 0.206 e. The lowest BCUT2D eigenvalue weighted by Gasteiger charge is -2.05. The number of nitrogens with zero attached hydrogens (tertiary/aromatic N) is 3. The highest BCUT2D eigenvalue weighted by Gasteiger charge is 2.11. The van der Waals surface area contributed by atoms with Crippen molar-refractivity contribution in [3.8, 4) is 11.3 Å². The molecule has 4 nitrogen and oxygen atoms in total. The zero-order valence-corrected chi connectivity index (χ0v) is 15.7. The molecule has 3 rings (SSSR count). The van der Waals surface area contributed by atoms with Crippen LogP contribution >= 0.6 is 22.9 Å². The summed E-state index contributed by atoms with van der Waals surface area (Å²) in [4.78, 5) is 5.15. The van der Waals surface area contributed by atoms with Crippen LogP contribution in [0, 0.1) is 5.82 Å². The zero-order valence-electron chi connectivity index (χ0n) is 14.1. The van der Waals surface area contributed by atoms with Gasteiger partial charge in [-0.1, -0.05) is 41.9 Å². The average Bonchev–Trinajstić information content (AvgIpc) is 3.04. The Kier molecular flexibility index (Phi) is 6.33. The van der Waals surface area contributed by atoms with Crippen LogP contribution in [-0.2, 0) is 4.74 Å². The molecular formula is C19H17ClFN3OS. The van der Waals surface area contributed by atoms with Crippen LogP contribution in [0.5, 0.6) is 0 Å².